The average molecular weight is 281 g/mol. The number of anilines is 1. The Morgan fingerprint density at radius 2 is 1.76 bits per heavy atom. The zero-order valence-electron chi connectivity index (χ0n) is 11.4. The van der Waals surface area contributed by atoms with Gasteiger partial charge < -0.3 is 10.6 Å². The Morgan fingerprint density at radius 1 is 1.10 bits per heavy atom. The second-order valence-electron chi connectivity index (χ2n) is 4.28. The Labute approximate surface area is 122 Å². The lowest BCUT2D eigenvalue weighted by molar-refractivity contribution is 0.0957. The molecule has 0 aliphatic heterocycles. The molecule has 0 saturated heterocycles. The van der Waals surface area contributed by atoms with Crippen molar-refractivity contribution in [2.75, 3.05) is 11.9 Å². The lowest BCUT2D eigenvalue weighted by Crippen LogP contribution is -2.24. The van der Waals surface area contributed by atoms with Crippen molar-refractivity contribution in [2.45, 2.75) is 0 Å². The van der Waals surface area contributed by atoms with E-state index in [4.69, 9.17) is 0 Å². The molecule has 0 aliphatic carbocycles. The van der Waals surface area contributed by atoms with E-state index in [2.05, 4.69) is 22.2 Å². The summed E-state index contributed by atoms with van der Waals surface area (Å²) in [6.45, 7) is 3.88. The summed E-state index contributed by atoms with van der Waals surface area (Å²) in [5, 5.41) is 5.38. The maximum absolute atomic E-state index is 12.1. The first-order valence-electron chi connectivity index (χ1n) is 6.41. The molecule has 0 fully saturated rings. The van der Waals surface area contributed by atoms with E-state index in [0.29, 0.717) is 23.4 Å². The second-order valence-corrected chi connectivity index (χ2v) is 4.28. The van der Waals surface area contributed by atoms with Crippen LogP contribution in [0.25, 0.3) is 0 Å². The molecule has 1 aromatic carbocycles. The van der Waals surface area contributed by atoms with Crippen LogP contribution in [0, 0.1) is 0 Å². The Morgan fingerprint density at radius 3 is 2.43 bits per heavy atom. The molecule has 0 aliphatic rings. The van der Waals surface area contributed by atoms with Crippen molar-refractivity contribution in [2.24, 2.45) is 0 Å². The van der Waals surface area contributed by atoms with Crippen LogP contribution in [-0.4, -0.2) is 23.3 Å². The second kappa shape index (κ2) is 7.00. The fraction of sp³-hybridized carbons (Fsp3) is 0.0625. The SMILES string of the molecule is C=CCNC(=O)c1cncc(C(=O)Nc2ccccc2)c1. The fourth-order valence-corrected chi connectivity index (χ4v) is 1.68. The first-order chi connectivity index (χ1) is 10.2. The summed E-state index contributed by atoms with van der Waals surface area (Å²) in [6, 6.07) is 10.6. The monoisotopic (exact) mass is 281 g/mol. The van der Waals surface area contributed by atoms with Gasteiger partial charge in [0.25, 0.3) is 11.8 Å². The highest BCUT2D eigenvalue weighted by Gasteiger charge is 2.11. The number of amides is 2. The van der Waals surface area contributed by atoms with Gasteiger partial charge in [-0.05, 0) is 18.2 Å². The lowest BCUT2D eigenvalue weighted by Gasteiger charge is -2.06. The molecule has 106 valence electrons. The summed E-state index contributed by atoms with van der Waals surface area (Å²) in [4.78, 5) is 27.8. The Bertz CT molecular complexity index is 654. The van der Waals surface area contributed by atoms with Gasteiger partial charge >= 0.3 is 0 Å². The van der Waals surface area contributed by atoms with E-state index in [1.165, 1.54) is 18.5 Å². The number of para-hydroxylation sites is 1. The number of benzene rings is 1. The minimum atomic E-state index is -0.313. The Kier molecular flexibility index (Phi) is 4.82. The number of hydrogen-bond acceptors (Lipinski definition) is 3. The van der Waals surface area contributed by atoms with Gasteiger partial charge in [-0.1, -0.05) is 24.3 Å². The van der Waals surface area contributed by atoms with Crippen LogP contribution in [0.4, 0.5) is 5.69 Å². The van der Waals surface area contributed by atoms with Gasteiger partial charge in [-0.2, -0.15) is 0 Å². The molecule has 1 aromatic heterocycles. The van der Waals surface area contributed by atoms with Crippen molar-refractivity contribution in [3.05, 3.63) is 72.6 Å². The van der Waals surface area contributed by atoms with Gasteiger partial charge in [0.05, 0.1) is 11.1 Å². The number of aromatic nitrogens is 1. The molecule has 5 nitrogen and oxygen atoms in total. The molecule has 0 bridgehead atoms. The molecule has 2 amide bonds. The molecule has 0 unspecified atom stereocenters. The third kappa shape index (κ3) is 4.01. The standard InChI is InChI=1S/C16H15N3O2/c1-2-8-18-15(20)12-9-13(11-17-10-12)16(21)19-14-6-4-3-5-7-14/h2-7,9-11H,1,8H2,(H,18,20)(H,19,21). The van der Waals surface area contributed by atoms with E-state index in [1.807, 2.05) is 18.2 Å². The van der Waals surface area contributed by atoms with Gasteiger partial charge in [-0.3, -0.25) is 14.6 Å². The number of pyridine rings is 1. The third-order valence-electron chi connectivity index (χ3n) is 2.70. The lowest BCUT2D eigenvalue weighted by atomic mass is 10.2. The molecule has 0 saturated carbocycles. The summed E-state index contributed by atoms with van der Waals surface area (Å²) in [6.07, 6.45) is 4.41. The summed E-state index contributed by atoms with van der Waals surface area (Å²) in [7, 11) is 0. The molecular weight excluding hydrogens is 266 g/mol. The van der Waals surface area contributed by atoms with Gasteiger partial charge in [-0.15, -0.1) is 6.58 Å². The molecule has 0 spiro atoms. The number of rotatable bonds is 5. The first kappa shape index (κ1) is 14.5. The molecule has 5 heteroatoms. The van der Waals surface area contributed by atoms with Crippen LogP contribution in [0.2, 0.25) is 0 Å². The number of nitrogens with zero attached hydrogens (tertiary/aromatic N) is 1. The van der Waals surface area contributed by atoms with Gasteiger partial charge in [0.2, 0.25) is 0 Å². The smallest absolute Gasteiger partial charge is 0.257 e. The molecular formula is C16H15N3O2. The van der Waals surface area contributed by atoms with Crippen LogP contribution in [0.3, 0.4) is 0 Å². The van der Waals surface area contributed by atoms with Crippen molar-refractivity contribution in [3.63, 3.8) is 0 Å². The van der Waals surface area contributed by atoms with Crippen molar-refractivity contribution in [1.29, 1.82) is 0 Å². The van der Waals surface area contributed by atoms with Crippen LogP contribution in [0.5, 0.6) is 0 Å². The van der Waals surface area contributed by atoms with Crippen LogP contribution in [-0.2, 0) is 0 Å². The number of carbonyl (C=O) groups excluding carboxylic acids is 2. The van der Waals surface area contributed by atoms with Gasteiger partial charge in [0.15, 0.2) is 0 Å². The molecule has 0 atom stereocenters. The molecule has 2 N–H and O–H groups in total. The fourth-order valence-electron chi connectivity index (χ4n) is 1.68. The number of hydrogen-bond donors (Lipinski definition) is 2. The minimum Gasteiger partial charge on any atom is -0.349 e. The highest BCUT2D eigenvalue weighted by Crippen LogP contribution is 2.09. The largest absolute Gasteiger partial charge is 0.349 e. The van der Waals surface area contributed by atoms with Crippen molar-refractivity contribution in [1.82, 2.24) is 10.3 Å². The predicted octanol–water partition coefficient (Wildman–Crippen LogP) is 2.25. The zero-order valence-corrected chi connectivity index (χ0v) is 11.4. The van der Waals surface area contributed by atoms with Crippen molar-refractivity contribution >= 4 is 17.5 Å². The summed E-state index contributed by atoms with van der Waals surface area (Å²) >= 11 is 0. The summed E-state index contributed by atoms with van der Waals surface area (Å²) in [5.41, 5.74) is 1.34. The van der Waals surface area contributed by atoms with Crippen LogP contribution in [0.15, 0.2) is 61.4 Å². The van der Waals surface area contributed by atoms with E-state index in [-0.39, 0.29) is 11.8 Å². The molecule has 1 heterocycles. The zero-order chi connectivity index (χ0) is 15.1. The van der Waals surface area contributed by atoms with E-state index >= 15 is 0 Å². The van der Waals surface area contributed by atoms with Gasteiger partial charge in [-0.25, -0.2) is 0 Å². The van der Waals surface area contributed by atoms with Gasteiger partial charge in [0, 0.05) is 24.6 Å². The van der Waals surface area contributed by atoms with Crippen molar-refractivity contribution < 1.29 is 9.59 Å². The Balaban J connectivity index is 2.11. The van der Waals surface area contributed by atoms with Crippen LogP contribution >= 0.6 is 0 Å². The summed E-state index contributed by atoms with van der Waals surface area (Å²) in [5.74, 6) is -0.608. The Hall–Kier alpha value is -2.95. The van der Waals surface area contributed by atoms with E-state index in [9.17, 15) is 9.59 Å². The third-order valence-corrected chi connectivity index (χ3v) is 2.70. The maximum Gasteiger partial charge on any atom is 0.257 e. The number of carbonyl (C=O) groups is 2. The normalized spacial score (nSPS) is 9.71. The highest BCUT2D eigenvalue weighted by molar-refractivity contribution is 6.05. The first-order valence-corrected chi connectivity index (χ1v) is 6.41. The van der Waals surface area contributed by atoms with Gasteiger partial charge in [0.1, 0.15) is 0 Å². The highest BCUT2D eigenvalue weighted by atomic mass is 16.2. The minimum absolute atomic E-state index is 0.295. The molecule has 2 rings (SSSR count). The van der Waals surface area contributed by atoms with Crippen molar-refractivity contribution in [3.8, 4) is 0 Å². The quantitative estimate of drug-likeness (QED) is 0.826. The average Bonchev–Trinajstić information content (AvgIpc) is 2.53. The molecule has 0 radical (unpaired) electrons. The molecule has 2 aromatic rings. The van der Waals surface area contributed by atoms with E-state index < -0.39 is 0 Å². The topological polar surface area (TPSA) is 71.1 Å². The summed E-state index contributed by atoms with van der Waals surface area (Å²) < 4.78 is 0. The van der Waals surface area contributed by atoms with Crippen LogP contribution in [0.1, 0.15) is 20.7 Å². The van der Waals surface area contributed by atoms with Crippen LogP contribution < -0.4 is 10.6 Å². The van der Waals surface area contributed by atoms with E-state index in [0.717, 1.165) is 0 Å². The van der Waals surface area contributed by atoms with E-state index in [1.54, 1.807) is 18.2 Å². The maximum atomic E-state index is 12.1. The molecule has 21 heavy (non-hydrogen) atoms. The number of nitrogens with one attached hydrogen (secondary N) is 2. The predicted molar refractivity (Wildman–Crippen MR) is 81.2 cm³/mol.